The van der Waals surface area contributed by atoms with E-state index in [1.165, 1.54) is 0 Å². The van der Waals surface area contributed by atoms with E-state index in [0.717, 1.165) is 5.56 Å². The summed E-state index contributed by atoms with van der Waals surface area (Å²) < 4.78 is 6.78. The minimum Gasteiger partial charge on any atom is -0.466 e. The maximum absolute atomic E-state index is 12.6. The van der Waals surface area contributed by atoms with E-state index in [1.807, 2.05) is 34.9 Å². The van der Waals surface area contributed by atoms with Gasteiger partial charge in [-0.1, -0.05) is 30.3 Å². The Morgan fingerprint density at radius 2 is 1.71 bits per heavy atom. The van der Waals surface area contributed by atoms with Gasteiger partial charge in [0, 0.05) is 35.1 Å². The molecular weight excluding hydrogens is 418 g/mol. The second-order valence-corrected chi connectivity index (χ2v) is 7.44. The van der Waals surface area contributed by atoms with Crippen LogP contribution < -0.4 is 0 Å². The Kier molecular flexibility index (Phi) is 7.02. The number of esters is 1. The number of ether oxygens (including phenoxy) is 1. The lowest BCUT2D eigenvalue weighted by molar-refractivity contribution is -0.143. The zero-order valence-electron chi connectivity index (χ0n) is 17.3. The zero-order chi connectivity index (χ0) is 22.5. The van der Waals surface area contributed by atoms with Crippen LogP contribution in [-0.2, 0) is 20.9 Å². The van der Waals surface area contributed by atoms with Gasteiger partial charge in [-0.25, -0.2) is 0 Å². The summed E-state index contributed by atoms with van der Waals surface area (Å²) in [6.45, 7) is 4.19. The molecule has 0 aliphatic carbocycles. The lowest BCUT2D eigenvalue weighted by Crippen LogP contribution is -2.10. The largest absolute Gasteiger partial charge is 0.466 e. The van der Waals surface area contributed by atoms with Crippen molar-refractivity contribution in [2.45, 2.75) is 33.2 Å². The Morgan fingerprint density at radius 1 is 1.00 bits per heavy atom. The first-order chi connectivity index (χ1) is 14.8. The van der Waals surface area contributed by atoms with E-state index < -0.39 is 17.0 Å². The lowest BCUT2D eigenvalue weighted by atomic mass is 10.0. The molecule has 0 bridgehead atoms. The van der Waals surface area contributed by atoms with Gasteiger partial charge in [0.25, 0.3) is 5.24 Å². The standard InChI is InChI=1S/C24H22ClNO5/c1-3-31-21(28)12-11-20(27)17-9-10-19-18(13-17)22(23(29)24(25)30)15(2)26(19)14-16-7-5-4-6-8-16/h4-10,13H,3,11-12,14H2,1-2H3. The maximum atomic E-state index is 12.6. The van der Waals surface area contributed by atoms with Crippen molar-refractivity contribution in [3.05, 3.63) is 70.9 Å². The van der Waals surface area contributed by atoms with Gasteiger partial charge in [0.2, 0.25) is 5.78 Å². The molecule has 0 spiro atoms. The van der Waals surface area contributed by atoms with E-state index in [1.54, 1.807) is 32.0 Å². The molecule has 3 rings (SSSR count). The summed E-state index contributed by atoms with van der Waals surface area (Å²) in [5.74, 6) is -1.50. The lowest BCUT2D eigenvalue weighted by Gasteiger charge is -2.09. The minimum absolute atomic E-state index is 0.00817. The van der Waals surface area contributed by atoms with Crippen LogP contribution in [0.5, 0.6) is 0 Å². The number of carbonyl (C=O) groups is 4. The molecule has 0 fully saturated rings. The van der Waals surface area contributed by atoms with Gasteiger partial charge in [0.05, 0.1) is 18.6 Å². The number of carbonyl (C=O) groups excluding carboxylic acids is 4. The predicted molar refractivity (Wildman–Crippen MR) is 118 cm³/mol. The van der Waals surface area contributed by atoms with Crippen LogP contribution in [0.1, 0.15) is 51.7 Å². The molecule has 31 heavy (non-hydrogen) atoms. The van der Waals surface area contributed by atoms with Crippen molar-refractivity contribution >= 4 is 45.3 Å². The van der Waals surface area contributed by atoms with Gasteiger partial charge in [0.15, 0.2) is 5.78 Å². The number of halogens is 1. The van der Waals surface area contributed by atoms with E-state index in [2.05, 4.69) is 0 Å². The van der Waals surface area contributed by atoms with Crippen LogP contribution in [0.4, 0.5) is 0 Å². The van der Waals surface area contributed by atoms with Crippen molar-refractivity contribution in [2.24, 2.45) is 0 Å². The summed E-state index contributed by atoms with van der Waals surface area (Å²) in [5, 5.41) is -0.602. The highest BCUT2D eigenvalue weighted by Crippen LogP contribution is 2.29. The second-order valence-electron chi connectivity index (χ2n) is 7.10. The van der Waals surface area contributed by atoms with Crippen molar-refractivity contribution in [3.8, 4) is 0 Å². The number of fused-ring (bicyclic) bond motifs is 1. The van der Waals surface area contributed by atoms with Gasteiger partial charge in [-0.05, 0) is 49.2 Å². The molecule has 0 saturated heterocycles. The number of Topliss-reactive ketones (excluding diaryl/α,β-unsaturated/α-hetero) is 2. The summed E-state index contributed by atoms with van der Waals surface area (Å²) in [4.78, 5) is 48.4. The topological polar surface area (TPSA) is 82.4 Å². The first-order valence-corrected chi connectivity index (χ1v) is 10.3. The zero-order valence-corrected chi connectivity index (χ0v) is 18.1. The van der Waals surface area contributed by atoms with Crippen LogP contribution >= 0.6 is 11.6 Å². The number of hydrogen-bond acceptors (Lipinski definition) is 5. The van der Waals surface area contributed by atoms with Gasteiger partial charge in [-0.3, -0.25) is 19.2 Å². The summed E-state index contributed by atoms with van der Waals surface area (Å²) in [6.07, 6.45) is -0.0313. The van der Waals surface area contributed by atoms with Crippen LogP contribution in [0.2, 0.25) is 0 Å². The smallest absolute Gasteiger partial charge is 0.306 e. The second kappa shape index (κ2) is 9.71. The molecule has 3 aromatic rings. The van der Waals surface area contributed by atoms with Gasteiger partial charge in [-0.15, -0.1) is 0 Å². The van der Waals surface area contributed by atoms with Crippen LogP contribution in [0.25, 0.3) is 10.9 Å². The Hall–Kier alpha value is -3.25. The van der Waals surface area contributed by atoms with Crippen LogP contribution in [-0.4, -0.2) is 34.0 Å². The highest BCUT2D eigenvalue weighted by atomic mass is 35.5. The molecule has 160 valence electrons. The van der Waals surface area contributed by atoms with Gasteiger partial charge >= 0.3 is 5.97 Å². The Balaban J connectivity index is 2.04. The summed E-state index contributed by atoms with van der Waals surface area (Å²) >= 11 is 5.51. The van der Waals surface area contributed by atoms with Crippen molar-refractivity contribution < 1.29 is 23.9 Å². The van der Waals surface area contributed by atoms with E-state index in [-0.39, 0.29) is 30.8 Å². The highest BCUT2D eigenvalue weighted by molar-refractivity contribution is 6.83. The molecule has 0 N–H and O–H groups in total. The number of aromatic nitrogens is 1. The number of rotatable bonds is 9. The van der Waals surface area contributed by atoms with E-state index in [0.29, 0.717) is 28.7 Å². The molecule has 1 aromatic heterocycles. The summed E-state index contributed by atoms with van der Waals surface area (Å²) in [7, 11) is 0. The Morgan fingerprint density at radius 3 is 2.35 bits per heavy atom. The quantitative estimate of drug-likeness (QED) is 0.212. The van der Waals surface area contributed by atoms with Crippen molar-refractivity contribution in [3.63, 3.8) is 0 Å². The molecule has 0 radical (unpaired) electrons. The number of nitrogens with zero attached hydrogens (tertiary/aromatic N) is 1. The SMILES string of the molecule is CCOC(=O)CCC(=O)c1ccc2c(c1)c(C(=O)C(=O)Cl)c(C)n2Cc1ccccc1. The van der Waals surface area contributed by atoms with Crippen LogP contribution in [0.3, 0.4) is 0 Å². The molecule has 7 heteroatoms. The monoisotopic (exact) mass is 439 g/mol. The first kappa shape index (κ1) is 22.4. The Labute approximate surface area is 184 Å². The van der Waals surface area contributed by atoms with Crippen molar-refractivity contribution in [1.82, 2.24) is 4.57 Å². The van der Waals surface area contributed by atoms with Crippen LogP contribution in [0.15, 0.2) is 48.5 Å². The minimum atomic E-state index is -1.08. The third-order valence-corrected chi connectivity index (χ3v) is 5.27. The van der Waals surface area contributed by atoms with Crippen molar-refractivity contribution in [1.29, 1.82) is 0 Å². The van der Waals surface area contributed by atoms with Crippen molar-refractivity contribution in [2.75, 3.05) is 6.61 Å². The summed E-state index contributed by atoms with van der Waals surface area (Å²) in [5.41, 5.74) is 2.86. The van der Waals surface area contributed by atoms with E-state index in [9.17, 15) is 19.2 Å². The average molecular weight is 440 g/mol. The Bertz CT molecular complexity index is 1160. The molecule has 0 saturated carbocycles. The average Bonchev–Trinajstić information content (AvgIpc) is 3.03. The molecule has 6 nitrogen and oxygen atoms in total. The predicted octanol–water partition coefficient (Wildman–Crippen LogP) is 4.47. The highest BCUT2D eigenvalue weighted by Gasteiger charge is 2.25. The van der Waals surface area contributed by atoms with Gasteiger partial charge in [0.1, 0.15) is 0 Å². The fourth-order valence-corrected chi connectivity index (χ4v) is 3.70. The van der Waals surface area contributed by atoms with E-state index >= 15 is 0 Å². The molecule has 0 atom stereocenters. The molecule has 2 aromatic carbocycles. The molecule has 0 unspecified atom stereocenters. The summed E-state index contributed by atoms with van der Waals surface area (Å²) in [6, 6.07) is 14.7. The fourth-order valence-electron chi connectivity index (χ4n) is 3.60. The number of hydrogen-bond donors (Lipinski definition) is 0. The fraction of sp³-hybridized carbons (Fsp3) is 0.250. The normalized spacial score (nSPS) is 10.8. The van der Waals surface area contributed by atoms with Crippen LogP contribution in [0, 0.1) is 6.92 Å². The molecule has 0 aliphatic rings. The third-order valence-electron chi connectivity index (χ3n) is 5.10. The first-order valence-electron chi connectivity index (χ1n) is 9.93. The van der Waals surface area contributed by atoms with Gasteiger partial charge in [-0.2, -0.15) is 0 Å². The number of ketones is 2. The van der Waals surface area contributed by atoms with Gasteiger partial charge < -0.3 is 9.30 Å². The molecule has 0 aliphatic heterocycles. The maximum Gasteiger partial charge on any atom is 0.306 e. The van der Waals surface area contributed by atoms with E-state index in [4.69, 9.17) is 16.3 Å². The number of benzene rings is 2. The third kappa shape index (κ3) is 4.91. The molecular formula is C24H22ClNO5. The molecule has 1 heterocycles. The molecule has 0 amide bonds.